The molecular formula is C90H113CaF4N12Na2O25S4+. The Hall–Kier alpha value is -8.63. The van der Waals surface area contributed by atoms with E-state index in [1.807, 2.05) is 55.4 Å². The monoisotopic (exact) mass is 2050 g/mol. The molecule has 4 heterocycles. The van der Waals surface area contributed by atoms with E-state index < -0.39 is 149 Å². The number of methoxy groups -OCH3 is 2. The van der Waals surface area contributed by atoms with Gasteiger partial charge >= 0.3 is 109 Å². The summed E-state index contributed by atoms with van der Waals surface area (Å²) in [5.74, 6) is -7.31. The van der Waals surface area contributed by atoms with Crippen molar-refractivity contribution >= 4 is 156 Å². The number of carboxylic acid groups (broad SMARTS) is 2. The molecule has 0 bridgehead atoms. The fourth-order valence-electron chi connectivity index (χ4n) is 12.2. The van der Waals surface area contributed by atoms with Crippen molar-refractivity contribution in [2.75, 3.05) is 84.7 Å². The Bertz CT molecular complexity index is 5850. The van der Waals surface area contributed by atoms with E-state index in [0.29, 0.717) is 90.1 Å². The van der Waals surface area contributed by atoms with E-state index in [4.69, 9.17) is 0 Å². The number of benzene rings is 4. The molecule has 0 aliphatic rings. The minimum atomic E-state index is -3.66. The van der Waals surface area contributed by atoms with Gasteiger partial charge < -0.3 is 70.5 Å². The number of aromatic nitrogens is 8. The van der Waals surface area contributed by atoms with Crippen LogP contribution in [0.5, 0.6) is 0 Å². The van der Waals surface area contributed by atoms with Crippen LogP contribution in [-0.4, -0.2) is 292 Å². The van der Waals surface area contributed by atoms with Crippen LogP contribution in [0.1, 0.15) is 175 Å². The zero-order valence-corrected chi connectivity index (χ0v) is 89.6. The third-order valence-electron chi connectivity index (χ3n) is 19.6. The number of anilines is 4. The molecule has 4 aromatic heterocycles. The van der Waals surface area contributed by atoms with Crippen molar-refractivity contribution in [2.24, 2.45) is 0 Å². The molecule has 738 valence electrons. The molecule has 4 aromatic carbocycles. The van der Waals surface area contributed by atoms with Gasteiger partial charge in [-0.1, -0.05) is 91.8 Å². The molecule has 8 rings (SSSR count). The quantitative estimate of drug-likeness (QED) is 0.0121. The molecule has 0 saturated carbocycles. The van der Waals surface area contributed by atoms with Gasteiger partial charge in [-0.05, 0) is 133 Å². The number of hydrogen-bond donors (Lipinski definition) is 7. The van der Waals surface area contributed by atoms with Crippen molar-refractivity contribution in [3.05, 3.63) is 190 Å². The summed E-state index contributed by atoms with van der Waals surface area (Å²) in [4.78, 5) is 91.6. The molecule has 0 aliphatic carbocycles. The van der Waals surface area contributed by atoms with Crippen LogP contribution in [0.25, 0.3) is 69.3 Å². The molecular weight excluding hydrogens is 1940 g/mol. The van der Waals surface area contributed by atoms with Gasteiger partial charge in [-0.3, -0.25) is 14.4 Å². The summed E-state index contributed by atoms with van der Waals surface area (Å²) in [6.07, 6.45) is 4.55. The second-order valence-corrected chi connectivity index (χ2v) is 40.1. The normalized spacial score (nSPS) is 13.2. The van der Waals surface area contributed by atoms with Gasteiger partial charge in [-0.15, -0.1) is 0 Å². The fourth-order valence-corrected chi connectivity index (χ4v) is 13.7. The molecule has 0 aliphatic heterocycles. The molecule has 0 spiro atoms. The number of aliphatic carboxylic acids is 2. The first-order chi connectivity index (χ1) is 62.2. The van der Waals surface area contributed by atoms with Crippen molar-refractivity contribution < 1.29 is 195 Å². The third-order valence-corrected chi connectivity index (χ3v) is 24.2. The Balaban J connectivity index is 0.000000911. The van der Waals surface area contributed by atoms with Crippen LogP contribution in [0.15, 0.2) is 121 Å². The predicted octanol–water partition coefficient (Wildman–Crippen LogP) is 0.773. The average Bonchev–Trinajstić information content (AvgIpc) is 0.793. The average molecular weight is 2050 g/mol. The molecule has 0 amide bonds. The van der Waals surface area contributed by atoms with Crippen LogP contribution in [0.4, 0.5) is 41.4 Å². The number of aliphatic hydroxyl groups excluding tert-OH is 7. The zero-order valence-electron chi connectivity index (χ0n) is 80.1. The van der Waals surface area contributed by atoms with E-state index in [1.165, 1.54) is 182 Å². The number of carbonyl (C=O) groups is 5. The summed E-state index contributed by atoms with van der Waals surface area (Å²) >= 11 is 0. The number of ketones is 1. The maximum atomic E-state index is 13.5. The fraction of sp³-hybridized carbons (Fsp3) is 0.411. The Morgan fingerprint density at radius 2 is 0.558 bits per heavy atom. The molecule has 7 atom stereocenters. The summed E-state index contributed by atoms with van der Waals surface area (Å²) in [6, 6.07) is 21.9. The third kappa shape index (κ3) is 40.8. The van der Waals surface area contributed by atoms with Crippen molar-refractivity contribution in [1.82, 2.24) is 39.9 Å². The summed E-state index contributed by atoms with van der Waals surface area (Å²) in [7, 11) is -6.91. The number of rotatable bonds is 40. The number of carbonyl (C=O) groups excluding carboxylic acids is 5. The van der Waals surface area contributed by atoms with Crippen molar-refractivity contribution in [1.29, 1.82) is 0 Å². The standard InChI is InChI=1S/C23H30FN3O6S.C23H28FN3O6S.2C22H28FN3O6S.Ca.2Na.H2O/c2*1-14(2)21-19(11-10-17(28)12-18(29)13-20(30)33-4)22(15-6-8-16(24)9-7-15)26-23(25-21)27(3)34(5,31)32;2*1-13(2)20-18(10-9-16(27)11-17(28)12-19(29)30)21(14-5-7-15(23)8-6-14)25-22(24-20)26(3)33(4,31)32;;;;/h6-11,14,17-18,28-29H,12-13H2,1-5H3;6-11,14,18,29H,12-13H2,1-5H3;2*5-10,13,16-17,27-28H,11-12H2,1-4H3,(H,29,30);;;;1H2/q;;;;+2;2*+1;/p-3/b2*11-10+;2*10-9+;;;;/t17-,18-;18-;2*16-,17-;;;;/m1111..../s1. The van der Waals surface area contributed by atoms with Crippen LogP contribution in [0.3, 0.4) is 0 Å². The van der Waals surface area contributed by atoms with E-state index in [0.717, 1.165) is 42.2 Å². The van der Waals surface area contributed by atoms with E-state index in [2.05, 4.69) is 49.3 Å². The molecule has 0 unspecified atom stereocenters. The second kappa shape index (κ2) is 58.1. The van der Waals surface area contributed by atoms with Crippen LogP contribution >= 0.6 is 0 Å². The number of ether oxygens (including phenoxy) is 2. The first-order valence-electron chi connectivity index (χ1n) is 41.3. The summed E-state index contributed by atoms with van der Waals surface area (Å²) < 4.78 is 163. The molecule has 37 nitrogen and oxygen atoms in total. The Morgan fingerprint density at radius 3 is 0.754 bits per heavy atom. The number of hydrogen-bond acceptors (Lipinski definition) is 33. The van der Waals surface area contributed by atoms with Gasteiger partial charge in [-0.25, -0.2) is 108 Å². The van der Waals surface area contributed by atoms with Gasteiger partial charge in [0.05, 0.1) is 140 Å². The molecule has 0 fully saturated rings. The predicted molar refractivity (Wildman–Crippen MR) is 501 cm³/mol. The first kappa shape index (κ1) is 127. The number of halogens is 4. The number of carboxylic acids is 2. The number of allylic oxidation sites excluding steroid dienone is 1. The number of aliphatic hydroxyl groups is 7. The smallest absolute Gasteiger partial charge is 0.870 e. The number of sulfonamides is 4. The van der Waals surface area contributed by atoms with Gasteiger partial charge in [0.15, 0.2) is 5.78 Å². The van der Waals surface area contributed by atoms with Gasteiger partial charge in [0.1, 0.15) is 23.3 Å². The largest absolute Gasteiger partial charge is 2.00 e. The number of esters is 2. The zero-order chi connectivity index (χ0) is 101. The van der Waals surface area contributed by atoms with E-state index >= 15 is 0 Å². The second-order valence-electron chi connectivity index (χ2n) is 32.1. The molecule has 8 aromatic rings. The Labute approximate surface area is 874 Å². The minimum Gasteiger partial charge on any atom is -0.870 e. The SMILES string of the molecule is CC(C)c1nc(N(C)S(C)(=O)=O)nc(-c2ccc(F)cc2)c1/C=C/[C@@H](O)C[C@@H](O)CC(=O)[O-].CC(C)c1nc(N(C)S(C)(=O)=O)nc(-c2ccc(F)cc2)c1/C=C/[C@@H](O)C[C@@H](O)CC(=O)[O-].COC(=O)C[C@H](O)CC(=O)/C=C/c1c(-c2ccc(F)cc2)nc(N(C)S(C)(=O)=O)nc1C(C)C.COC(=O)C[C@H](O)C[C@H](O)/C=C/c1c(-c2ccc(F)cc2)nc(N(C)S(C)(=O)=O)nc1C(C)C.[Ca+2].[Na+].[Na+].[OH-]. The van der Waals surface area contributed by atoms with Crippen molar-refractivity contribution in [3.63, 3.8) is 0 Å². The van der Waals surface area contributed by atoms with E-state index in [-0.39, 0.29) is 188 Å². The maximum Gasteiger partial charge on any atom is 2.00 e. The van der Waals surface area contributed by atoms with Crippen LogP contribution in [-0.2, 0) is 73.5 Å². The maximum absolute atomic E-state index is 13.5. The van der Waals surface area contributed by atoms with Gasteiger partial charge in [0, 0.05) is 123 Å². The summed E-state index contributed by atoms with van der Waals surface area (Å²) in [5, 5.41) is 91.4. The summed E-state index contributed by atoms with van der Waals surface area (Å²) in [6.45, 7) is 14.8. The molecule has 48 heteroatoms. The molecule has 138 heavy (non-hydrogen) atoms. The van der Waals surface area contributed by atoms with E-state index in [9.17, 15) is 121 Å². The van der Waals surface area contributed by atoms with Gasteiger partial charge in [0.25, 0.3) is 0 Å². The van der Waals surface area contributed by atoms with Crippen LogP contribution in [0, 0.1) is 23.3 Å². The number of nitrogens with zero attached hydrogens (tertiary/aromatic N) is 12. The Kier molecular flexibility index (Phi) is 53.6. The van der Waals surface area contributed by atoms with Crippen molar-refractivity contribution in [3.8, 4) is 45.0 Å². The van der Waals surface area contributed by atoms with Crippen LogP contribution < -0.4 is 86.5 Å². The summed E-state index contributed by atoms with van der Waals surface area (Å²) in [5.41, 5.74) is 7.13. The van der Waals surface area contributed by atoms with E-state index in [1.54, 1.807) is 6.08 Å². The minimum absolute atomic E-state index is 0. The van der Waals surface area contributed by atoms with Gasteiger partial charge in [0.2, 0.25) is 63.9 Å². The van der Waals surface area contributed by atoms with Crippen molar-refractivity contribution in [2.45, 2.75) is 173 Å². The molecule has 0 saturated heterocycles. The van der Waals surface area contributed by atoms with Gasteiger partial charge in [-0.2, -0.15) is 0 Å². The topological polar surface area (TPSA) is 574 Å². The van der Waals surface area contributed by atoms with Crippen LogP contribution in [0.2, 0.25) is 0 Å². The first-order valence-corrected chi connectivity index (χ1v) is 48.7. The molecule has 0 radical (unpaired) electrons. The molecule has 8 N–H and O–H groups in total. The Morgan fingerprint density at radius 1 is 0.355 bits per heavy atom.